The zero-order valence-electron chi connectivity index (χ0n) is 20.3. The van der Waals surface area contributed by atoms with Crippen molar-refractivity contribution in [1.82, 2.24) is 0 Å². The molecule has 1 atom stereocenters. The second-order valence-corrected chi connectivity index (χ2v) is 8.16. The zero-order chi connectivity index (χ0) is 24.8. The SMILES string of the molecule is COc1cc(/C=C/c2ccc(OC(=O)C(C)c3ccc4cc(OC)ccc4c3)cc2)cc(OC)c1. The van der Waals surface area contributed by atoms with Crippen molar-refractivity contribution >= 4 is 28.9 Å². The van der Waals surface area contributed by atoms with Crippen LogP contribution < -0.4 is 18.9 Å². The second-order valence-electron chi connectivity index (χ2n) is 8.16. The molecule has 0 aliphatic rings. The van der Waals surface area contributed by atoms with Gasteiger partial charge in [-0.25, -0.2) is 0 Å². The van der Waals surface area contributed by atoms with Gasteiger partial charge in [0.2, 0.25) is 0 Å². The first-order valence-corrected chi connectivity index (χ1v) is 11.3. The molecule has 1 unspecified atom stereocenters. The molecule has 178 valence electrons. The molecule has 0 N–H and O–H groups in total. The van der Waals surface area contributed by atoms with Crippen LogP contribution in [0.3, 0.4) is 0 Å². The van der Waals surface area contributed by atoms with Gasteiger partial charge in [-0.3, -0.25) is 4.79 Å². The third-order valence-electron chi connectivity index (χ3n) is 5.87. The second kappa shape index (κ2) is 10.8. The lowest BCUT2D eigenvalue weighted by Gasteiger charge is -2.13. The maximum Gasteiger partial charge on any atom is 0.318 e. The predicted octanol–water partition coefficient (Wildman–Crippen LogP) is 6.75. The van der Waals surface area contributed by atoms with E-state index in [-0.39, 0.29) is 5.97 Å². The van der Waals surface area contributed by atoms with Gasteiger partial charge in [0.15, 0.2) is 0 Å². The summed E-state index contributed by atoms with van der Waals surface area (Å²) in [6, 6.07) is 24.9. The lowest BCUT2D eigenvalue weighted by Crippen LogP contribution is -2.16. The van der Waals surface area contributed by atoms with Crippen LogP contribution in [-0.4, -0.2) is 27.3 Å². The van der Waals surface area contributed by atoms with Gasteiger partial charge in [-0.2, -0.15) is 0 Å². The number of rotatable bonds is 8. The molecular formula is C30H28O5. The Bertz CT molecular complexity index is 1330. The quantitative estimate of drug-likeness (QED) is 0.163. The summed E-state index contributed by atoms with van der Waals surface area (Å²) in [5.41, 5.74) is 2.84. The summed E-state index contributed by atoms with van der Waals surface area (Å²) in [5.74, 6) is 2.07. The van der Waals surface area contributed by atoms with Crippen molar-refractivity contribution in [3.63, 3.8) is 0 Å². The molecule has 0 heterocycles. The molecule has 0 fully saturated rings. The maximum absolute atomic E-state index is 12.8. The average Bonchev–Trinajstić information content (AvgIpc) is 2.91. The van der Waals surface area contributed by atoms with E-state index < -0.39 is 5.92 Å². The number of methoxy groups -OCH3 is 3. The molecule has 5 heteroatoms. The van der Waals surface area contributed by atoms with E-state index in [0.29, 0.717) is 5.75 Å². The van der Waals surface area contributed by atoms with Crippen LogP contribution in [0.15, 0.2) is 78.9 Å². The van der Waals surface area contributed by atoms with Crippen molar-refractivity contribution in [2.45, 2.75) is 12.8 Å². The van der Waals surface area contributed by atoms with Gasteiger partial charge in [-0.15, -0.1) is 0 Å². The van der Waals surface area contributed by atoms with Crippen molar-refractivity contribution < 1.29 is 23.7 Å². The molecule has 0 saturated carbocycles. The molecular weight excluding hydrogens is 440 g/mol. The Kier molecular flexibility index (Phi) is 7.36. The minimum absolute atomic E-state index is 0.301. The summed E-state index contributed by atoms with van der Waals surface area (Å²) in [4.78, 5) is 12.8. The monoisotopic (exact) mass is 468 g/mol. The van der Waals surface area contributed by atoms with E-state index in [4.69, 9.17) is 18.9 Å². The Hall–Kier alpha value is -4.25. The van der Waals surface area contributed by atoms with Gasteiger partial charge in [0.1, 0.15) is 23.0 Å². The summed E-state index contributed by atoms with van der Waals surface area (Å²) in [6.07, 6.45) is 3.95. The van der Waals surface area contributed by atoms with Crippen LogP contribution in [0.1, 0.15) is 29.5 Å². The number of ether oxygens (including phenoxy) is 4. The highest BCUT2D eigenvalue weighted by Crippen LogP contribution is 2.27. The summed E-state index contributed by atoms with van der Waals surface area (Å²) in [5, 5.41) is 2.11. The van der Waals surface area contributed by atoms with E-state index in [1.165, 1.54) is 0 Å². The maximum atomic E-state index is 12.8. The van der Waals surface area contributed by atoms with Crippen LogP contribution >= 0.6 is 0 Å². The molecule has 0 aromatic heterocycles. The van der Waals surface area contributed by atoms with Gasteiger partial charge in [0.25, 0.3) is 0 Å². The molecule has 0 aliphatic heterocycles. The molecule has 4 aromatic carbocycles. The van der Waals surface area contributed by atoms with Crippen LogP contribution in [0.5, 0.6) is 23.0 Å². The number of benzene rings is 4. The summed E-state index contributed by atoms with van der Waals surface area (Å²) < 4.78 is 21.6. The average molecular weight is 469 g/mol. The number of hydrogen-bond acceptors (Lipinski definition) is 5. The topological polar surface area (TPSA) is 54.0 Å². The summed E-state index contributed by atoms with van der Waals surface area (Å²) >= 11 is 0. The van der Waals surface area contributed by atoms with E-state index in [0.717, 1.165) is 44.7 Å². The van der Waals surface area contributed by atoms with E-state index in [9.17, 15) is 4.79 Å². The summed E-state index contributed by atoms with van der Waals surface area (Å²) in [6.45, 7) is 1.85. The van der Waals surface area contributed by atoms with Gasteiger partial charge < -0.3 is 18.9 Å². The number of fused-ring (bicyclic) bond motifs is 1. The molecule has 0 spiro atoms. The molecule has 5 nitrogen and oxygen atoms in total. The van der Waals surface area contributed by atoms with Crippen LogP contribution in [0.4, 0.5) is 0 Å². The molecule has 0 radical (unpaired) electrons. The van der Waals surface area contributed by atoms with Crippen molar-refractivity contribution in [2.24, 2.45) is 0 Å². The lowest BCUT2D eigenvalue weighted by molar-refractivity contribution is -0.135. The minimum Gasteiger partial charge on any atom is -0.497 e. The first kappa shape index (κ1) is 23.9. The number of hydrogen-bond donors (Lipinski definition) is 0. The largest absolute Gasteiger partial charge is 0.497 e. The van der Waals surface area contributed by atoms with Gasteiger partial charge in [0, 0.05) is 6.07 Å². The van der Waals surface area contributed by atoms with Crippen LogP contribution in [-0.2, 0) is 4.79 Å². The Morgan fingerprint density at radius 3 is 1.86 bits per heavy atom. The Labute approximate surface area is 205 Å². The van der Waals surface area contributed by atoms with Gasteiger partial charge in [0.05, 0.1) is 27.2 Å². The lowest BCUT2D eigenvalue weighted by atomic mass is 9.98. The van der Waals surface area contributed by atoms with Gasteiger partial charge >= 0.3 is 5.97 Å². The first-order valence-electron chi connectivity index (χ1n) is 11.3. The third kappa shape index (κ3) is 5.82. The highest BCUT2D eigenvalue weighted by molar-refractivity contribution is 5.87. The van der Waals surface area contributed by atoms with Crippen LogP contribution in [0.2, 0.25) is 0 Å². The fourth-order valence-corrected chi connectivity index (χ4v) is 3.74. The van der Waals surface area contributed by atoms with E-state index in [1.54, 1.807) is 33.5 Å². The Balaban J connectivity index is 1.42. The molecule has 4 aromatic rings. The minimum atomic E-state index is -0.399. The number of carbonyl (C=O) groups excluding carboxylic acids is 1. The first-order chi connectivity index (χ1) is 17.0. The van der Waals surface area contributed by atoms with Gasteiger partial charge in [-0.1, -0.05) is 48.6 Å². The standard InChI is InChI=1S/C30H28O5/c1-20(23-9-10-25-18-27(32-2)14-11-24(25)17-23)30(31)35-26-12-7-21(8-13-26)5-6-22-15-28(33-3)19-29(16-22)34-4/h5-20H,1-4H3/b6-5+. The highest BCUT2D eigenvalue weighted by atomic mass is 16.5. The smallest absolute Gasteiger partial charge is 0.318 e. The van der Waals surface area contributed by atoms with E-state index in [1.807, 2.05) is 85.8 Å². The normalized spacial score (nSPS) is 11.9. The summed E-state index contributed by atoms with van der Waals surface area (Å²) in [7, 11) is 4.90. The molecule has 0 aliphatic carbocycles. The molecule has 4 rings (SSSR count). The molecule has 0 amide bonds. The Morgan fingerprint density at radius 1 is 0.629 bits per heavy atom. The van der Waals surface area contributed by atoms with Crippen molar-refractivity contribution in [2.75, 3.05) is 21.3 Å². The number of carbonyl (C=O) groups is 1. The molecule has 0 saturated heterocycles. The third-order valence-corrected chi connectivity index (χ3v) is 5.87. The van der Waals surface area contributed by atoms with Gasteiger partial charge in [-0.05, 0) is 70.8 Å². The zero-order valence-corrected chi connectivity index (χ0v) is 20.3. The van der Waals surface area contributed by atoms with Crippen molar-refractivity contribution in [1.29, 1.82) is 0 Å². The fraction of sp³-hybridized carbons (Fsp3) is 0.167. The van der Waals surface area contributed by atoms with Crippen LogP contribution in [0.25, 0.3) is 22.9 Å². The van der Waals surface area contributed by atoms with E-state index in [2.05, 4.69) is 0 Å². The Morgan fingerprint density at radius 2 is 1.20 bits per heavy atom. The van der Waals surface area contributed by atoms with Crippen LogP contribution in [0, 0.1) is 0 Å². The highest BCUT2D eigenvalue weighted by Gasteiger charge is 2.18. The van der Waals surface area contributed by atoms with E-state index >= 15 is 0 Å². The molecule has 0 bridgehead atoms. The molecule has 35 heavy (non-hydrogen) atoms. The van der Waals surface area contributed by atoms with Crippen molar-refractivity contribution in [3.8, 4) is 23.0 Å². The predicted molar refractivity (Wildman–Crippen MR) is 139 cm³/mol. The van der Waals surface area contributed by atoms with Crippen molar-refractivity contribution in [3.05, 3.63) is 95.6 Å². The number of esters is 1. The fourth-order valence-electron chi connectivity index (χ4n) is 3.74.